The molecule has 4 nitrogen and oxygen atoms in total. The molecule has 19 heavy (non-hydrogen) atoms. The molecule has 2 aliphatic carbocycles. The Morgan fingerprint density at radius 3 is 1.37 bits per heavy atom. The largest absolute Gasteiger partial charge is 0.345 e. The highest BCUT2D eigenvalue weighted by Gasteiger charge is 2.26. The second-order valence-electron chi connectivity index (χ2n) is 6.16. The number of hydrogen-bond acceptors (Lipinski definition) is 2. The summed E-state index contributed by atoms with van der Waals surface area (Å²) in [6, 6.07) is 0.716. The molecule has 2 rings (SSSR count). The Morgan fingerprint density at radius 2 is 1.05 bits per heavy atom. The molecule has 0 aromatic carbocycles. The number of hydrogen-bond donors (Lipinski definition) is 2. The minimum absolute atomic E-state index is 0.358. The first kappa shape index (κ1) is 14.4. The van der Waals surface area contributed by atoms with Crippen LogP contribution in [-0.4, -0.2) is 24.9 Å². The van der Waals surface area contributed by atoms with Crippen molar-refractivity contribution in [2.75, 3.05) is 0 Å². The predicted octanol–water partition coefficient (Wildman–Crippen LogP) is 1.81. The topological polar surface area (TPSA) is 58.2 Å². The lowest BCUT2D eigenvalue weighted by Crippen LogP contribution is -2.34. The van der Waals surface area contributed by atoms with E-state index in [2.05, 4.69) is 10.6 Å². The van der Waals surface area contributed by atoms with E-state index in [4.69, 9.17) is 0 Å². The van der Waals surface area contributed by atoms with Gasteiger partial charge in [-0.15, -0.1) is 0 Å². The van der Waals surface area contributed by atoms with Crippen molar-refractivity contribution in [1.82, 2.24) is 10.6 Å². The van der Waals surface area contributed by atoms with Crippen LogP contribution in [0.5, 0.6) is 0 Å². The molecule has 0 atom stereocenters. The van der Waals surface area contributed by atoms with Gasteiger partial charge in [-0.1, -0.05) is 0 Å². The van der Waals surface area contributed by atoms with E-state index in [9.17, 15) is 9.59 Å². The summed E-state index contributed by atoms with van der Waals surface area (Å²) in [4.78, 5) is 20.6. The van der Waals surface area contributed by atoms with E-state index < -0.39 is 0 Å². The smallest absolute Gasteiger partial charge is 0.309 e. The molecule has 0 spiro atoms. The molecule has 2 radical (unpaired) electrons. The first-order valence-corrected chi connectivity index (χ1v) is 7.57. The Labute approximate surface area is 115 Å². The van der Waals surface area contributed by atoms with Gasteiger partial charge in [-0.3, -0.25) is 9.59 Å². The normalized spacial score (nSPS) is 35.4. The third kappa shape index (κ3) is 4.51. The monoisotopic (exact) mass is 264 g/mol. The summed E-state index contributed by atoms with van der Waals surface area (Å²) >= 11 is 0. The van der Waals surface area contributed by atoms with Crippen molar-refractivity contribution in [1.29, 1.82) is 0 Å². The maximum absolute atomic E-state index is 10.3. The summed E-state index contributed by atoms with van der Waals surface area (Å²) in [7, 11) is 0. The van der Waals surface area contributed by atoms with Crippen molar-refractivity contribution in [2.24, 2.45) is 11.8 Å². The van der Waals surface area contributed by atoms with Gasteiger partial charge < -0.3 is 10.6 Å². The van der Waals surface area contributed by atoms with E-state index in [0.717, 1.165) is 37.5 Å². The maximum Gasteiger partial charge on any atom is 0.309 e. The lowest BCUT2D eigenvalue weighted by molar-refractivity contribution is 0.216. The molecular weight excluding hydrogens is 240 g/mol. The first-order valence-electron chi connectivity index (χ1n) is 7.57. The summed E-state index contributed by atoms with van der Waals surface area (Å²) in [6.07, 6.45) is 14.3. The Kier molecular flexibility index (Phi) is 5.67. The Balaban J connectivity index is 1.64. The number of rotatable bonds is 6. The van der Waals surface area contributed by atoms with Crippen LogP contribution in [0.4, 0.5) is 0 Å². The molecular formula is C15H24N2O2. The zero-order chi connectivity index (χ0) is 13.5. The van der Waals surface area contributed by atoms with Gasteiger partial charge in [-0.05, 0) is 69.6 Å². The van der Waals surface area contributed by atoms with Crippen LogP contribution in [0.15, 0.2) is 0 Å². The van der Waals surface area contributed by atoms with E-state index >= 15 is 0 Å². The van der Waals surface area contributed by atoms with Crippen LogP contribution < -0.4 is 10.6 Å². The number of nitrogens with one attached hydrogen (secondary N) is 2. The lowest BCUT2D eigenvalue weighted by atomic mass is 9.76. The molecule has 0 unspecified atom stereocenters. The standard InChI is InChI=1S/C15H24N2O2/c18-10-16-14-5-1-12(2-6-14)9-13-3-7-15(8-4-13)17-11-19/h12-15H,1-9H2,(H,16,18)(H,17,19). The first-order chi connectivity index (χ1) is 9.31. The van der Waals surface area contributed by atoms with Crippen molar-refractivity contribution in [2.45, 2.75) is 69.9 Å². The van der Waals surface area contributed by atoms with Gasteiger partial charge in [0.15, 0.2) is 0 Å². The van der Waals surface area contributed by atoms with Gasteiger partial charge in [-0.25, -0.2) is 0 Å². The molecule has 4 heteroatoms. The molecule has 0 heterocycles. The number of carbonyl (C=O) groups excluding carboxylic acids is 2. The Hall–Kier alpha value is -1.06. The molecule has 2 N–H and O–H groups in total. The van der Waals surface area contributed by atoms with Crippen LogP contribution in [0.2, 0.25) is 0 Å². The van der Waals surface area contributed by atoms with Gasteiger partial charge in [-0.2, -0.15) is 0 Å². The molecule has 0 aromatic heterocycles. The Morgan fingerprint density at radius 1 is 0.684 bits per heavy atom. The van der Waals surface area contributed by atoms with Gasteiger partial charge in [0.25, 0.3) is 0 Å². The van der Waals surface area contributed by atoms with Crippen LogP contribution in [0.1, 0.15) is 57.8 Å². The van der Waals surface area contributed by atoms with Crippen LogP contribution in [0, 0.1) is 11.8 Å². The predicted molar refractivity (Wildman–Crippen MR) is 73.8 cm³/mol. The molecule has 0 aromatic rings. The molecule has 0 saturated heterocycles. The highest BCUT2D eigenvalue weighted by molar-refractivity contribution is 5.48. The van der Waals surface area contributed by atoms with Crippen molar-refractivity contribution < 1.29 is 9.59 Å². The fourth-order valence-corrected chi connectivity index (χ4v) is 3.72. The molecule has 2 aliphatic rings. The van der Waals surface area contributed by atoms with Crippen molar-refractivity contribution in [3.63, 3.8) is 0 Å². The maximum atomic E-state index is 10.3. The average molecular weight is 264 g/mol. The van der Waals surface area contributed by atoms with E-state index in [0.29, 0.717) is 12.1 Å². The van der Waals surface area contributed by atoms with Gasteiger partial charge in [0.1, 0.15) is 0 Å². The quantitative estimate of drug-likeness (QED) is 0.719. The molecule has 0 aliphatic heterocycles. The zero-order valence-corrected chi connectivity index (χ0v) is 11.5. The fourth-order valence-electron chi connectivity index (χ4n) is 3.72. The summed E-state index contributed by atoms with van der Waals surface area (Å²) in [5.41, 5.74) is 0. The van der Waals surface area contributed by atoms with Gasteiger partial charge in [0, 0.05) is 12.1 Å². The van der Waals surface area contributed by atoms with E-state index in [1.54, 1.807) is 0 Å². The summed E-state index contributed by atoms with van der Waals surface area (Å²) < 4.78 is 0. The summed E-state index contributed by atoms with van der Waals surface area (Å²) in [5, 5.41) is 5.56. The second kappa shape index (κ2) is 7.51. The molecule has 0 bridgehead atoms. The fraction of sp³-hybridized carbons (Fsp3) is 0.867. The molecule has 2 fully saturated rings. The van der Waals surface area contributed by atoms with Gasteiger partial charge >= 0.3 is 12.8 Å². The minimum Gasteiger partial charge on any atom is -0.345 e. The van der Waals surface area contributed by atoms with E-state index in [-0.39, 0.29) is 0 Å². The SMILES string of the molecule is O=[C]NC1CCC(CC2CCC(N[C]=O)CC2)CC1. The van der Waals surface area contributed by atoms with E-state index in [1.807, 2.05) is 12.8 Å². The third-order valence-electron chi connectivity index (χ3n) is 4.89. The average Bonchev–Trinajstić information content (AvgIpc) is 2.44. The van der Waals surface area contributed by atoms with Gasteiger partial charge in [0.2, 0.25) is 0 Å². The second-order valence-corrected chi connectivity index (χ2v) is 6.16. The highest BCUT2D eigenvalue weighted by atomic mass is 16.1. The lowest BCUT2D eigenvalue weighted by Gasteiger charge is -2.33. The van der Waals surface area contributed by atoms with Crippen molar-refractivity contribution in [3.8, 4) is 0 Å². The molecule has 2 amide bonds. The minimum atomic E-state index is 0.358. The van der Waals surface area contributed by atoms with Crippen LogP contribution in [-0.2, 0) is 9.59 Å². The summed E-state index contributed by atoms with van der Waals surface area (Å²) in [6.45, 7) is 0. The van der Waals surface area contributed by atoms with Crippen molar-refractivity contribution >= 4 is 12.8 Å². The van der Waals surface area contributed by atoms with Crippen LogP contribution >= 0.6 is 0 Å². The zero-order valence-electron chi connectivity index (χ0n) is 11.5. The Bertz CT molecular complexity index is 252. The van der Waals surface area contributed by atoms with Gasteiger partial charge in [0.05, 0.1) is 0 Å². The van der Waals surface area contributed by atoms with Crippen LogP contribution in [0.25, 0.3) is 0 Å². The molecule has 2 saturated carbocycles. The molecule has 106 valence electrons. The number of amides is 2. The summed E-state index contributed by atoms with van der Waals surface area (Å²) in [5.74, 6) is 1.66. The van der Waals surface area contributed by atoms with E-state index in [1.165, 1.54) is 32.1 Å². The van der Waals surface area contributed by atoms with Crippen LogP contribution in [0.3, 0.4) is 0 Å². The van der Waals surface area contributed by atoms with Crippen molar-refractivity contribution in [3.05, 3.63) is 0 Å². The third-order valence-corrected chi connectivity index (χ3v) is 4.89. The highest BCUT2D eigenvalue weighted by Crippen LogP contribution is 2.35.